The van der Waals surface area contributed by atoms with Crippen molar-refractivity contribution in [1.29, 1.82) is 0 Å². The summed E-state index contributed by atoms with van der Waals surface area (Å²) in [6, 6.07) is 7.92. The van der Waals surface area contributed by atoms with Gasteiger partial charge in [-0.15, -0.1) is 0 Å². The number of amides is 2. The number of nitrogens with zero attached hydrogens (tertiary/aromatic N) is 3. The van der Waals surface area contributed by atoms with E-state index in [-0.39, 0.29) is 11.9 Å². The summed E-state index contributed by atoms with van der Waals surface area (Å²) < 4.78 is 0. The average molecular weight is 310 g/mol. The number of pyridine rings is 1. The van der Waals surface area contributed by atoms with Gasteiger partial charge in [-0.25, -0.2) is 4.79 Å². The molecule has 23 heavy (non-hydrogen) atoms. The Morgan fingerprint density at radius 1 is 1.39 bits per heavy atom. The molecule has 0 radical (unpaired) electrons. The Hall–Kier alpha value is -2.43. The number of carbonyl (C=O) groups excluding carboxylic acids is 1. The van der Waals surface area contributed by atoms with Gasteiger partial charge in [-0.3, -0.25) is 9.98 Å². The van der Waals surface area contributed by atoms with Crippen molar-refractivity contribution in [2.24, 2.45) is 16.6 Å². The number of aromatic nitrogens is 1. The van der Waals surface area contributed by atoms with E-state index in [4.69, 9.17) is 5.73 Å². The lowest BCUT2D eigenvalue weighted by Gasteiger charge is -2.36. The van der Waals surface area contributed by atoms with Gasteiger partial charge >= 0.3 is 6.03 Å². The maximum Gasteiger partial charge on any atom is 0.314 e. The number of urea groups is 1. The van der Waals surface area contributed by atoms with Crippen LogP contribution in [0, 0.1) is 5.92 Å². The molecule has 1 saturated heterocycles. The molecule has 0 unspecified atom stereocenters. The topological polar surface area (TPSA) is 71.6 Å². The minimum atomic E-state index is -0.335. The Kier molecular flexibility index (Phi) is 4.28. The SMILES string of the molecule is C/N=C/c1ccc([C@H]2C[C@@H](C)CN(C(N)=O)C2)c2cccnc12. The van der Waals surface area contributed by atoms with E-state index in [0.717, 1.165) is 29.4 Å². The van der Waals surface area contributed by atoms with E-state index in [2.05, 4.69) is 35.1 Å². The second-order valence-corrected chi connectivity index (χ2v) is 6.31. The zero-order valence-electron chi connectivity index (χ0n) is 13.6. The number of primary amides is 1. The highest BCUT2D eigenvalue weighted by atomic mass is 16.2. The smallest absolute Gasteiger partial charge is 0.314 e. The van der Waals surface area contributed by atoms with Gasteiger partial charge in [0.2, 0.25) is 0 Å². The van der Waals surface area contributed by atoms with Crippen molar-refractivity contribution in [3.63, 3.8) is 0 Å². The van der Waals surface area contributed by atoms with Crippen LogP contribution >= 0.6 is 0 Å². The number of nitrogens with two attached hydrogens (primary N) is 1. The third kappa shape index (κ3) is 3.04. The van der Waals surface area contributed by atoms with Gasteiger partial charge in [-0.2, -0.15) is 0 Å². The number of hydrogen-bond acceptors (Lipinski definition) is 3. The molecular formula is C18H22N4O. The fourth-order valence-electron chi connectivity index (χ4n) is 3.57. The van der Waals surface area contributed by atoms with Crippen LogP contribution in [0.2, 0.25) is 0 Å². The Morgan fingerprint density at radius 3 is 2.96 bits per heavy atom. The highest BCUT2D eigenvalue weighted by Crippen LogP contribution is 2.34. The summed E-state index contributed by atoms with van der Waals surface area (Å²) in [6.07, 6.45) is 4.69. The molecule has 0 spiro atoms. The van der Waals surface area contributed by atoms with E-state index >= 15 is 0 Å². The standard InChI is InChI=1S/C18H22N4O/c1-12-8-14(11-22(10-12)18(19)23)15-6-5-13(9-20-2)17-16(15)4-3-7-21-17/h3-7,9,12,14H,8,10-11H2,1-2H3,(H2,19,23)/b20-9+/t12-,14+/m1/s1. The molecular weight excluding hydrogens is 288 g/mol. The fraction of sp³-hybridized carbons (Fsp3) is 0.389. The van der Waals surface area contributed by atoms with Crippen LogP contribution < -0.4 is 5.73 Å². The Balaban J connectivity index is 2.06. The molecule has 0 saturated carbocycles. The quantitative estimate of drug-likeness (QED) is 0.866. The number of benzene rings is 1. The van der Waals surface area contributed by atoms with Crippen molar-refractivity contribution in [2.45, 2.75) is 19.3 Å². The molecule has 5 heteroatoms. The Labute approximate surface area is 136 Å². The molecule has 2 atom stereocenters. The highest BCUT2D eigenvalue weighted by Gasteiger charge is 2.28. The monoisotopic (exact) mass is 310 g/mol. The van der Waals surface area contributed by atoms with E-state index in [1.54, 1.807) is 18.1 Å². The van der Waals surface area contributed by atoms with Gasteiger partial charge < -0.3 is 10.6 Å². The second-order valence-electron chi connectivity index (χ2n) is 6.31. The van der Waals surface area contributed by atoms with Gasteiger partial charge in [0.25, 0.3) is 0 Å². The Bertz CT molecular complexity index is 756. The highest BCUT2D eigenvalue weighted by molar-refractivity contribution is 5.99. The predicted molar refractivity (Wildman–Crippen MR) is 92.9 cm³/mol. The lowest BCUT2D eigenvalue weighted by molar-refractivity contribution is 0.168. The Morgan fingerprint density at radius 2 is 2.22 bits per heavy atom. The predicted octanol–water partition coefficient (Wildman–Crippen LogP) is 2.79. The van der Waals surface area contributed by atoms with Gasteiger partial charge in [-0.05, 0) is 24.0 Å². The number of likely N-dealkylation sites (tertiary alicyclic amines) is 1. The lowest BCUT2D eigenvalue weighted by Crippen LogP contribution is -2.45. The molecule has 1 fully saturated rings. The van der Waals surface area contributed by atoms with Gasteiger partial charge in [0.15, 0.2) is 0 Å². The van der Waals surface area contributed by atoms with E-state index < -0.39 is 0 Å². The van der Waals surface area contributed by atoms with Crippen molar-refractivity contribution in [2.75, 3.05) is 20.1 Å². The summed E-state index contributed by atoms with van der Waals surface area (Å²) in [6.45, 7) is 3.58. The molecule has 1 aromatic carbocycles. The van der Waals surface area contributed by atoms with Crippen LogP contribution in [-0.2, 0) is 0 Å². The van der Waals surface area contributed by atoms with Gasteiger partial charge in [0.05, 0.1) is 5.52 Å². The van der Waals surface area contributed by atoms with Crippen LogP contribution in [0.5, 0.6) is 0 Å². The van der Waals surface area contributed by atoms with E-state index in [1.165, 1.54) is 5.56 Å². The van der Waals surface area contributed by atoms with Crippen molar-refractivity contribution in [3.05, 3.63) is 41.6 Å². The maximum absolute atomic E-state index is 11.6. The van der Waals surface area contributed by atoms with E-state index in [9.17, 15) is 4.79 Å². The van der Waals surface area contributed by atoms with E-state index in [1.807, 2.05) is 12.3 Å². The summed E-state index contributed by atoms with van der Waals surface area (Å²) in [5.41, 5.74) is 8.71. The van der Waals surface area contributed by atoms with Gasteiger partial charge in [0.1, 0.15) is 0 Å². The average Bonchev–Trinajstić information content (AvgIpc) is 2.54. The normalized spacial score (nSPS) is 21.9. The number of carbonyl (C=O) groups is 1. The van der Waals surface area contributed by atoms with Crippen LogP contribution in [0.1, 0.15) is 30.4 Å². The first-order valence-corrected chi connectivity index (χ1v) is 7.94. The number of piperidine rings is 1. The van der Waals surface area contributed by atoms with Crippen molar-refractivity contribution in [3.8, 4) is 0 Å². The minimum absolute atomic E-state index is 0.283. The number of rotatable bonds is 2. The molecule has 1 aliphatic rings. The fourth-order valence-corrected chi connectivity index (χ4v) is 3.57. The molecule has 0 bridgehead atoms. The molecule has 0 aliphatic carbocycles. The van der Waals surface area contributed by atoms with Crippen molar-refractivity contribution >= 4 is 23.1 Å². The third-order valence-electron chi connectivity index (χ3n) is 4.51. The molecule has 1 aliphatic heterocycles. The van der Waals surface area contributed by atoms with Crippen LogP contribution in [-0.4, -0.2) is 42.3 Å². The summed E-state index contributed by atoms with van der Waals surface area (Å²) in [5, 5.41) is 1.13. The minimum Gasteiger partial charge on any atom is -0.351 e. The largest absolute Gasteiger partial charge is 0.351 e. The maximum atomic E-state index is 11.6. The van der Waals surface area contributed by atoms with Crippen molar-refractivity contribution < 1.29 is 4.79 Å². The molecule has 2 heterocycles. The third-order valence-corrected chi connectivity index (χ3v) is 4.51. The number of fused-ring (bicyclic) bond motifs is 1. The molecule has 5 nitrogen and oxygen atoms in total. The summed E-state index contributed by atoms with van der Waals surface area (Å²) in [5.74, 6) is 0.718. The molecule has 2 aromatic rings. The molecule has 1 aromatic heterocycles. The number of hydrogen-bond donors (Lipinski definition) is 1. The lowest BCUT2D eigenvalue weighted by atomic mass is 9.83. The van der Waals surface area contributed by atoms with Crippen LogP contribution in [0.15, 0.2) is 35.5 Å². The zero-order valence-corrected chi connectivity index (χ0v) is 13.6. The molecule has 3 rings (SSSR count). The molecule has 2 N–H and O–H groups in total. The van der Waals surface area contributed by atoms with Crippen LogP contribution in [0.4, 0.5) is 4.79 Å². The summed E-state index contributed by atoms with van der Waals surface area (Å²) >= 11 is 0. The van der Waals surface area contributed by atoms with Crippen LogP contribution in [0.25, 0.3) is 10.9 Å². The zero-order chi connectivity index (χ0) is 16.4. The van der Waals surface area contributed by atoms with Gasteiger partial charge in [0, 0.05) is 49.4 Å². The van der Waals surface area contributed by atoms with Crippen LogP contribution in [0.3, 0.4) is 0 Å². The first-order chi connectivity index (χ1) is 11.1. The van der Waals surface area contributed by atoms with E-state index in [0.29, 0.717) is 12.5 Å². The summed E-state index contributed by atoms with van der Waals surface area (Å²) in [7, 11) is 1.76. The van der Waals surface area contributed by atoms with Gasteiger partial charge in [-0.1, -0.05) is 25.1 Å². The summed E-state index contributed by atoms with van der Waals surface area (Å²) in [4.78, 5) is 22.0. The first-order valence-electron chi connectivity index (χ1n) is 7.94. The second kappa shape index (κ2) is 6.36. The van der Waals surface area contributed by atoms with Crippen molar-refractivity contribution in [1.82, 2.24) is 9.88 Å². The molecule has 2 amide bonds. The first kappa shape index (κ1) is 15.5. The molecule has 120 valence electrons. The number of aliphatic imine (C=N–C) groups is 1.